The fraction of sp³-hybridized carbons (Fsp3) is 0.0682. The molecule has 2 aliphatic carbocycles. The van der Waals surface area contributed by atoms with Gasteiger partial charge in [0.25, 0.3) is 0 Å². The lowest BCUT2D eigenvalue weighted by Crippen LogP contribution is -2.15. The number of rotatable bonds is 5. The van der Waals surface area contributed by atoms with E-state index in [4.69, 9.17) is 29.9 Å². The maximum absolute atomic E-state index is 5.61. The third-order valence-corrected chi connectivity index (χ3v) is 21.2. The van der Waals surface area contributed by atoms with Crippen LogP contribution < -0.4 is 0 Å². The molecule has 0 spiro atoms. The molecule has 0 bridgehead atoms. The second-order valence-corrected chi connectivity index (χ2v) is 26.9. The molecule has 2 aliphatic rings. The zero-order valence-corrected chi connectivity index (χ0v) is 52.1. The van der Waals surface area contributed by atoms with Crippen molar-refractivity contribution < 1.29 is 0 Å². The third kappa shape index (κ3) is 7.53. The van der Waals surface area contributed by atoms with Gasteiger partial charge in [-0.1, -0.05) is 179 Å². The van der Waals surface area contributed by atoms with Crippen LogP contribution in [0, 0.1) is 0 Å². The Bertz CT molecular complexity index is 6400. The Labute approximate surface area is 541 Å². The van der Waals surface area contributed by atoms with Gasteiger partial charge < -0.3 is 0 Å². The highest BCUT2D eigenvalue weighted by Crippen LogP contribution is 2.55. The highest BCUT2D eigenvalue weighted by molar-refractivity contribution is 6.28. The number of hydrogen-bond acceptors (Lipinski definition) is 6. The van der Waals surface area contributed by atoms with E-state index in [0.29, 0.717) is 0 Å². The summed E-state index contributed by atoms with van der Waals surface area (Å²) >= 11 is 0. The van der Waals surface area contributed by atoms with Crippen LogP contribution in [0.1, 0.15) is 49.9 Å². The largest absolute Gasteiger partial charge is 0.256 e. The minimum absolute atomic E-state index is 0.170. The molecule has 0 amide bonds. The van der Waals surface area contributed by atoms with Crippen molar-refractivity contribution in [2.45, 2.75) is 38.5 Å². The van der Waals surface area contributed by atoms with Crippen LogP contribution in [-0.2, 0) is 10.8 Å². The van der Waals surface area contributed by atoms with Crippen LogP contribution >= 0.6 is 0 Å². The highest BCUT2D eigenvalue weighted by Gasteiger charge is 2.38. The first-order valence-electron chi connectivity index (χ1n) is 32.5. The van der Waals surface area contributed by atoms with E-state index < -0.39 is 0 Å². The van der Waals surface area contributed by atoms with Gasteiger partial charge in [-0.25, -0.2) is 9.97 Å². The number of pyridine rings is 6. The van der Waals surface area contributed by atoms with Gasteiger partial charge >= 0.3 is 0 Å². The second kappa shape index (κ2) is 19.3. The van der Waals surface area contributed by atoms with Crippen molar-refractivity contribution in [3.8, 4) is 78.4 Å². The normalized spacial score (nSPS) is 13.7. The summed E-state index contributed by atoms with van der Waals surface area (Å²) in [5.41, 5.74) is 22.8. The van der Waals surface area contributed by atoms with Crippen LogP contribution in [0.3, 0.4) is 0 Å². The third-order valence-electron chi connectivity index (χ3n) is 21.2. The summed E-state index contributed by atoms with van der Waals surface area (Å²) in [5, 5.41) is 19.4. The summed E-state index contributed by atoms with van der Waals surface area (Å²) in [7, 11) is 0. The molecule has 0 fully saturated rings. The fourth-order valence-electron chi connectivity index (χ4n) is 16.4. The number of nitrogens with zero attached hydrogens (tertiary/aromatic N) is 6. The van der Waals surface area contributed by atoms with E-state index in [0.717, 1.165) is 99.8 Å². The fourth-order valence-corrected chi connectivity index (χ4v) is 16.4. The summed E-state index contributed by atoms with van der Waals surface area (Å²) in [6.07, 6.45) is 7.69. The van der Waals surface area contributed by atoms with E-state index >= 15 is 0 Å². The van der Waals surface area contributed by atoms with Crippen molar-refractivity contribution in [1.82, 2.24) is 29.9 Å². The quantitative estimate of drug-likeness (QED) is 0.160. The van der Waals surface area contributed by atoms with Gasteiger partial charge in [-0.15, -0.1) is 0 Å². The predicted octanol–water partition coefficient (Wildman–Crippen LogP) is 22.5. The van der Waals surface area contributed by atoms with Crippen molar-refractivity contribution in [1.29, 1.82) is 0 Å². The molecule has 0 saturated carbocycles. The summed E-state index contributed by atoms with van der Waals surface area (Å²) < 4.78 is 0. The molecule has 6 heteroatoms. The minimum Gasteiger partial charge on any atom is -0.256 e. The molecular formula is C88H56N6. The van der Waals surface area contributed by atoms with E-state index in [9.17, 15) is 0 Å². The Kier molecular flexibility index (Phi) is 10.9. The molecule has 0 atom stereocenters. The maximum Gasteiger partial charge on any atom is 0.0979 e. The van der Waals surface area contributed by atoms with Gasteiger partial charge in [0.05, 0.1) is 44.8 Å². The molecular weight excluding hydrogens is 1140 g/mol. The maximum atomic E-state index is 5.61. The molecule has 0 aliphatic heterocycles. The first-order chi connectivity index (χ1) is 46.1. The molecule has 0 saturated heterocycles. The van der Waals surface area contributed by atoms with Crippen molar-refractivity contribution in [2.24, 2.45) is 0 Å². The molecule has 6 aromatic heterocycles. The molecule has 0 N–H and O–H groups in total. The number of aromatic nitrogens is 6. The number of benzene rings is 12. The monoisotopic (exact) mass is 1200 g/mol. The summed E-state index contributed by atoms with van der Waals surface area (Å²) in [4.78, 5) is 31.4. The van der Waals surface area contributed by atoms with Gasteiger partial charge in [0.15, 0.2) is 0 Å². The lowest BCUT2D eigenvalue weighted by molar-refractivity contribution is 0.661. The highest BCUT2D eigenvalue weighted by atomic mass is 14.8. The van der Waals surface area contributed by atoms with Crippen LogP contribution in [0.4, 0.5) is 0 Å². The average Bonchev–Trinajstić information content (AvgIpc) is 1.36. The van der Waals surface area contributed by atoms with Crippen LogP contribution in [0.25, 0.3) is 187 Å². The van der Waals surface area contributed by atoms with Gasteiger partial charge in [-0.2, -0.15) is 0 Å². The van der Waals surface area contributed by atoms with Crippen LogP contribution in [0.5, 0.6) is 0 Å². The summed E-state index contributed by atoms with van der Waals surface area (Å²) in [6, 6.07) is 89.0. The van der Waals surface area contributed by atoms with Crippen LogP contribution in [-0.4, -0.2) is 29.9 Å². The molecule has 18 aromatic rings. The minimum atomic E-state index is -0.239. The molecule has 438 valence electrons. The number of fused-ring (bicyclic) bond motifs is 24. The first kappa shape index (κ1) is 52.9. The molecule has 20 rings (SSSR count). The van der Waals surface area contributed by atoms with Gasteiger partial charge in [-0.05, 0) is 211 Å². The van der Waals surface area contributed by atoms with Gasteiger partial charge in [0, 0.05) is 79.4 Å². The lowest BCUT2D eigenvalue weighted by Gasteiger charge is -2.23. The SMILES string of the molecule is CC1(C)c2ccc(-c3ccc(-c4ccc5c(-c6cc7ccc8cccnc8c7nc6-c6ccc(-c7ccc8c(c7)C(C)(C)c7cc9c%10ccccc%10c%10ccccc%10c9cc7-8)nc6)cc6cccnc6c5n4)nc3)cc2-c2cc3c4ccccc4c4ccccc4c3cc21. The Morgan fingerprint density at radius 1 is 0.234 bits per heavy atom. The Balaban J connectivity index is 0.673. The molecule has 0 radical (unpaired) electrons. The van der Waals surface area contributed by atoms with Gasteiger partial charge in [0.1, 0.15) is 0 Å². The van der Waals surface area contributed by atoms with Crippen LogP contribution in [0.15, 0.2) is 267 Å². The lowest BCUT2D eigenvalue weighted by atomic mass is 9.80. The Morgan fingerprint density at radius 3 is 1.32 bits per heavy atom. The predicted molar refractivity (Wildman–Crippen MR) is 391 cm³/mol. The van der Waals surface area contributed by atoms with Gasteiger partial charge in [-0.3, -0.25) is 19.9 Å². The average molecular weight is 1200 g/mol. The van der Waals surface area contributed by atoms with E-state index in [1.165, 1.54) is 109 Å². The van der Waals surface area contributed by atoms with Crippen molar-refractivity contribution in [3.63, 3.8) is 0 Å². The zero-order chi connectivity index (χ0) is 62.3. The first-order valence-corrected chi connectivity index (χ1v) is 32.5. The molecule has 0 unspecified atom stereocenters. The Morgan fingerprint density at radius 2 is 0.702 bits per heavy atom. The molecule has 6 heterocycles. The van der Waals surface area contributed by atoms with E-state index in [-0.39, 0.29) is 10.8 Å². The number of hydrogen-bond donors (Lipinski definition) is 0. The van der Waals surface area contributed by atoms with E-state index in [1.54, 1.807) is 0 Å². The van der Waals surface area contributed by atoms with E-state index in [2.05, 4.69) is 258 Å². The van der Waals surface area contributed by atoms with Gasteiger partial charge in [0.2, 0.25) is 0 Å². The smallest absolute Gasteiger partial charge is 0.0979 e. The molecule has 12 aromatic carbocycles. The molecule has 6 nitrogen and oxygen atoms in total. The van der Waals surface area contributed by atoms with E-state index in [1.807, 2.05) is 36.9 Å². The van der Waals surface area contributed by atoms with Crippen molar-refractivity contribution in [3.05, 3.63) is 290 Å². The molecule has 94 heavy (non-hydrogen) atoms. The van der Waals surface area contributed by atoms with Crippen molar-refractivity contribution in [2.75, 3.05) is 0 Å². The zero-order valence-electron chi connectivity index (χ0n) is 52.1. The van der Waals surface area contributed by atoms with Crippen molar-refractivity contribution >= 4 is 108 Å². The standard InChI is InChI=1S/C88H56N6/c1-87(2)75-33-28-50(39-71(75)73-44-68-61-22-10-6-18-57(61)59-20-8-12-24-63(59)70(68)46-78(73)87)54-29-35-80(92-47-54)81-36-32-65-66(40-52-16-14-38-90-84(52)86(65)93-81)74-41-53-26-25-49-15-13-37-89-83(49)85(53)94-82(74)55-30-34-79(91-48-55)51-27-31-64-72-43-67-60-21-9-5-17-56(60)58-19-7-11-23-62(58)69(67)45-77(72)88(3,4)76(64)42-51/h5-48H,1-4H3. The Hall–Kier alpha value is -11.9. The van der Waals surface area contributed by atoms with Crippen LogP contribution in [0.2, 0.25) is 0 Å². The second-order valence-electron chi connectivity index (χ2n) is 26.9. The summed E-state index contributed by atoms with van der Waals surface area (Å²) in [6.45, 7) is 9.47. The topological polar surface area (TPSA) is 77.3 Å². The summed E-state index contributed by atoms with van der Waals surface area (Å²) in [5.74, 6) is 0.